The van der Waals surface area contributed by atoms with Gasteiger partial charge in [-0.05, 0) is 52.1 Å². The molecule has 0 aliphatic heterocycles. The van der Waals surface area contributed by atoms with Crippen molar-refractivity contribution in [2.75, 3.05) is 13.2 Å². The van der Waals surface area contributed by atoms with Crippen molar-refractivity contribution < 1.29 is 8.54 Å². The number of nitrogens with two attached hydrogens (primary N) is 1. The molecule has 0 bridgehead atoms. The molecule has 0 heterocycles. The minimum atomic E-state index is -1.87. The van der Waals surface area contributed by atoms with Gasteiger partial charge in [-0.15, -0.1) is 0 Å². The summed E-state index contributed by atoms with van der Waals surface area (Å²) >= 11 is 0. The van der Waals surface area contributed by atoms with Crippen LogP contribution in [0.5, 0.6) is 0 Å². The van der Waals surface area contributed by atoms with Crippen LogP contribution in [0.4, 0.5) is 0 Å². The van der Waals surface area contributed by atoms with Crippen molar-refractivity contribution in [2.45, 2.75) is 52.0 Å². The molecule has 0 amide bonds. The lowest BCUT2D eigenvalue weighted by molar-refractivity contribution is 0.260. The Labute approximate surface area is 96.7 Å². The lowest BCUT2D eigenvalue weighted by atomic mass is 10.3. The van der Waals surface area contributed by atoms with Crippen LogP contribution in [0.2, 0.25) is 32.2 Å². The molecular weight excluding hydrogens is 222 g/mol. The summed E-state index contributed by atoms with van der Waals surface area (Å²) in [6.07, 6.45) is 2.29. The lowest BCUT2D eigenvalue weighted by Gasteiger charge is -2.33. The van der Waals surface area contributed by atoms with Crippen molar-refractivity contribution in [2.24, 2.45) is 5.73 Å². The van der Waals surface area contributed by atoms with E-state index in [0.717, 1.165) is 19.6 Å². The van der Waals surface area contributed by atoms with Gasteiger partial charge in [-0.1, -0.05) is 6.42 Å². The van der Waals surface area contributed by atoms with E-state index in [0.29, 0.717) is 0 Å². The van der Waals surface area contributed by atoms with Gasteiger partial charge < -0.3 is 14.3 Å². The van der Waals surface area contributed by atoms with E-state index < -0.39 is 16.9 Å². The van der Waals surface area contributed by atoms with Gasteiger partial charge >= 0.3 is 8.56 Å². The second-order valence-corrected chi connectivity index (χ2v) is 12.9. The van der Waals surface area contributed by atoms with Crippen molar-refractivity contribution in [1.82, 2.24) is 0 Å². The van der Waals surface area contributed by atoms with Crippen molar-refractivity contribution in [1.29, 1.82) is 0 Å². The van der Waals surface area contributed by atoms with E-state index in [1.54, 1.807) is 0 Å². The minimum absolute atomic E-state index is 0.756. The average molecular weight is 250 g/mol. The maximum atomic E-state index is 6.23. The Kier molecular flexibility index (Phi) is 6.94. The van der Waals surface area contributed by atoms with Gasteiger partial charge in [0, 0.05) is 6.61 Å². The van der Waals surface area contributed by atoms with Crippen LogP contribution in [0.15, 0.2) is 0 Å². The Morgan fingerprint density at radius 3 is 2.13 bits per heavy atom. The zero-order valence-electron chi connectivity index (χ0n) is 10.9. The zero-order valence-corrected chi connectivity index (χ0v) is 12.9. The van der Waals surface area contributed by atoms with Gasteiger partial charge in [0.05, 0.1) is 0 Å². The third kappa shape index (κ3) is 8.16. The quantitative estimate of drug-likeness (QED) is 0.531. The molecule has 92 valence electrons. The van der Waals surface area contributed by atoms with Gasteiger partial charge in [-0.3, -0.25) is 0 Å². The maximum absolute atomic E-state index is 6.23. The Morgan fingerprint density at radius 2 is 1.67 bits per heavy atom. The highest BCUT2D eigenvalue weighted by molar-refractivity contribution is 6.82. The van der Waals surface area contributed by atoms with Gasteiger partial charge in [0.25, 0.3) is 0 Å². The molecule has 0 spiro atoms. The molecule has 0 aromatic heterocycles. The first-order valence-electron chi connectivity index (χ1n) is 5.87. The standard InChI is InChI=1S/C10H27NO2Si2/c1-6-12-15(4,5)13-14(2,3)10-8-7-9-11/h6-11H2,1-5H3. The second-order valence-electron chi connectivity index (χ2n) is 4.94. The monoisotopic (exact) mass is 249 g/mol. The molecule has 0 aromatic rings. The van der Waals surface area contributed by atoms with Crippen LogP contribution in [0.1, 0.15) is 19.8 Å². The average Bonchev–Trinajstić information content (AvgIpc) is 2.01. The SMILES string of the molecule is CCO[Si](C)(C)O[Si](C)(C)CCCCN. The van der Waals surface area contributed by atoms with Crippen LogP contribution in [0, 0.1) is 0 Å². The van der Waals surface area contributed by atoms with E-state index in [2.05, 4.69) is 26.2 Å². The van der Waals surface area contributed by atoms with Crippen molar-refractivity contribution >= 4 is 16.9 Å². The molecule has 0 atom stereocenters. The molecule has 0 fully saturated rings. The van der Waals surface area contributed by atoms with Crippen molar-refractivity contribution in [3.05, 3.63) is 0 Å². The molecule has 0 saturated carbocycles. The van der Waals surface area contributed by atoms with E-state index >= 15 is 0 Å². The fraction of sp³-hybridized carbons (Fsp3) is 1.00. The summed E-state index contributed by atoms with van der Waals surface area (Å²) in [5.74, 6) is 0. The summed E-state index contributed by atoms with van der Waals surface area (Å²) in [5.41, 5.74) is 5.49. The maximum Gasteiger partial charge on any atom is 0.321 e. The van der Waals surface area contributed by atoms with Crippen molar-refractivity contribution in [3.8, 4) is 0 Å². The first-order valence-corrected chi connectivity index (χ1v) is 11.8. The number of hydrogen-bond donors (Lipinski definition) is 1. The van der Waals surface area contributed by atoms with E-state index in [4.69, 9.17) is 14.3 Å². The highest BCUT2D eigenvalue weighted by Gasteiger charge is 2.33. The molecule has 5 heteroatoms. The van der Waals surface area contributed by atoms with Crippen LogP contribution in [0.25, 0.3) is 0 Å². The molecule has 2 N–H and O–H groups in total. The van der Waals surface area contributed by atoms with Crippen LogP contribution in [-0.4, -0.2) is 30.0 Å². The Hall–Kier alpha value is 0.314. The predicted molar refractivity (Wildman–Crippen MR) is 70.8 cm³/mol. The first kappa shape index (κ1) is 15.3. The number of unbranched alkanes of at least 4 members (excludes halogenated alkanes) is 1. The third-order valence-corrected chi connectivity index (χ3v) is 8.97. The minimum Gasteiger partial charge on any atom is -0.436 e. The van der Waals surface area contributed by atoms with Gasteiger partial charge in [-0.25, -0.2) is 0 Å². The normalized spacial score (nSPS) is 13.2. The fourth-order valence-corrected chi connectivity index (χ4v) is 9.55. The molecule has 0 aromatic carbocycles. The van der Waals surface area contributed by atoms with Crippen LogP contribution in [0.3, 0.4) is 0 Å². The molecule has 3 nitrogen and oxygen atoms in total. The highest BCUT2D eigenvalue weighted by Crippen LogP contribution is 2.21. The largest absolute Gasteiger partial charge is 0.436 e. The molecular formula is C10H27NO2Si2. The van der Waals surface area contributed by atoms with E-state index in [1.807, 2.05) is 6.92 Å². The fourth-order valence-electron chi connectivity index (χ4n) is 1.79. The highest BCUT2D eigenvalue weighted by atomic mass is 28.4. The second kappa shape index (κ2) is 6.80. The Bertz CT molecular complexity index is 175. The van der Waals surface area contributed by atoms with E-state index in [1.165, 1.54) is 12.5 Å². The Morgan fingerprint density at radius 1 is 1.07 bits per heavy atom. The first-order chi connectivity index (χ1) is 6.83. The summed E-state index contributed by atoms with van der Waals surface area (Å²) in [6.45, 7) is 12.4. The van der Waals surface area contributed by atoms with Crippen LogP contribution in [-0.2, 0) is 8.54 Å². The smallest absolute Gasteiger partial charge is 0.321 e. The third-order valence-electron chi connectivity index (χ3n) is 2.25. The molecule has 0 unspecified atom stereocenters. The van der Waals surface area contributed by atoms with Gasteiger partial charge in [0.1, 0.15) is 0 Å². The van der Waals surface area contributed by atoms with Gasteiger partial charge in [0.15, 0.2) is 8.32 Å². The van der Waals surface area contributed by atoms with Crippen LogP contribution >= 0.6 is 0 Å². The summed E-state index contributed by atoms with van der Waals surface area (Å²) in [5, 5.41) is 0. The molecule has 15 heavy (non-hydrogen) atoms. The summed E-state index contributed by atoms with van der Waals surface area (Å²) < 4.78 is 11.9. The summed E-state index contributed by atoms with van der Waals surface area (Å²) in [6, 6.07) is 1.19. The van der Waals surface area contributed by atoms with Gasteiger partial charge in [0.2, 0.25) is 0 Å². The Balaban J connectivity index is 3.99. The lowest BCUT2D eigenvalue weighted by Crippen LogP contribution is -2.46. The van der Waals surface area contributed by atoms with Crippen molar-refractivity contribution in [3.63, 3.8) is 0 Å². The molecule has 0 rings (SSSR count). The van der Waals surface area contributed by atoms with E-state index in [-0.39, 0.29) is 0 Å². The van der Waals surface area contributed by atoms with Gasteiger partial charge in [-0.2, -0.15) is 0 Å². The number of hydrogen-bond acceptors (Lipinski definition) is 3. The van der Waals surface area contributed by atoms with E-state index in [9.17, 15) is 0 Å². The topological polar surface area (TPSA) is 44.5 Å². The molecule has 0 radical (unpaired) electrons. The number of rotatable bonds is 8. The molecule has 0 aliphatic carbocycles. The molecule has 0 aliphatic rings. The summed E-state index contributed by atoms with van der Waals surface area (Å²) in [7, 11) is -3.40. The van der Waals surface area contributed by atoms with Crippen LogP contribution < -0.4 is 5.73 Å². The molecule has 0 saturated heterocycles. The summed E-state index contributed by atoms with van der Waals surface area (Å²) in [4.78, 5) is 0. The zero-order chi connectivity index (χ0) is 11.9. The predicted octanol–water partition coefficient (Wildman–Crippen LogP) is 2.69.